The molecule has 0 bridgehead atoms. The number of carboxylic acids is 1. The molecule has 86 valence electrons. The Morgan fingerprint density at radius 2 is 2.25 bits per heavy atom. The summed E-state index contributed by atoms with van der Waals surface area (Å²) in [6.07, 6.45) is 5.37. The van der Waals surface area contributed by atoms with E-state index in [2.05, 4.69) is 10.3 Å². The van der Waals surface area contributed by atoms with Crippen LogP contribution in [0, 0.1) is 11.8 Å². The normalized spacial score (nSPS) is 23.0. The molecule has 0 aliphatic heterocycles. The van der Waals surface area contributed by atoms with Crippen LogP contribution in [0.2, 0.25) is 0 Å². The number of aromatic nitrogens is 1. The Morgan fingerprint density at radius 1 is 1.50 bits per heavy atom. The first kappa shape index (κ1) is 11.1. The minimum Gasteiger partial charge on any atom is -0.481 e. The van der Waals surface area contributed by atoms with Crippen LogP contribution >= 0.6 is 0 Å². The smallest absolute Gasteiger partial charge is 0.306 e. The summed E-state index contributed by atoms with van der Waals surface area (Å²) in [6.45, 7) is 1.72. The summed E-state index contributed by atoms with van der Waals surface area (Å²) < 4.78 is 0. The van der Waals surface area contributed by atoms with Gasteiger partial charge < -0.3 is 10.4 Å². The topological polar surface area (TPSA) is 62.2 Å². The molecule has 0 saturated heterocycles. The predicted molar refractivity (Wildman–Crippen MR) is 60.0 cm³/mol. The second-order valence-corrected chi connectivity index (χ2v) is 4.25. The first-order chi connectivity index (χ1) is 7.77. The molecule has 16 heavy (non-hydrogen) atoms. The summed E-state index contributed by atoms with van der Waals surface area (Å²) in [7, 11) is 0. The number of hydrogen-bond acceptors (Lipinski definition) is 3. The Labute approximate surface area is 94.7 Å². The van der Waals surface area contributed by atoms with Crippen molar-refractivity contribution in [2.45, 2.75) is 12.8 Å². The Bertz CT molecular complexity index is 353. The van der Waals surface area contributed by atoms with Crippen LogP contribution in [0.25, 0.3) is 0 Å². The molecule has 1 aromatic rings. The summed E-state index contributed by atoms with van der Waals surface area (Å²) in [5.74, 6) is -0.413. The van der Waals surface area contributed by atoms with E-state index in [0.717, 1.165) is 25.9 Å². The van der Waals surface area contributed by atoms with Crippen LogP contribution in [0.3, 0.4) is 0 Å². The molecule has 0 aromatic carbocycles. The highest BCUT2D eigenvalue weighted by atomic mass is 16.4. The van der Waals surface area contributed by atoms with Gasteiger partial charge in [-0.15, -0.1) is 0 Å². The number of aliphatic carboxylic acids is 1. The van der Waals surface area contributed by atoms with Crippen molar-refractivity contribution in [2.24, 2.45) is 11.8 Å². The van der Waals surface area contributed by atoms with Crippen molar-refractivity contribution in [3.63, 3.8) is 0 Å². The van der Waals surface area contributed by atoms with Gasteiger partial charge in [-0.25, -0.2) is 0 Å². The quantitative estimate of drug-likeness (QED) is 0.700. The van der Waals surface area contributed by atoms with Gasteiger partial charge >= 0.3 is 5.97 Å². The molecule has 0 spiro atoms. The zero-order valence-corrected chi connectivity index (χ0v) is 9.10. The van der Waals surface area contributed by atoms with E-state index in [4.69, 9.17) is 5.11 Å². The van der Waals surface area contributed by atoms with Crippen molar-refractivity contribution in [1.82, 2.24) is 10.3 Å². The van der Waals surface area contributed by atoms with Gasteiger partial charge in [-0.2, -0.15) is 0 Å². The van der Waals surface area contributed by atoms with E-state index in [1.165, 1.54) is 5.56 Å². The SMILES string of the molecule is O=C(O)C1CC1CNCCc1ccncc1. The molecule has 1 aliphatic carbocycles. The standard InChI is InChI=1S/C12H16N2O2/c15-12(16)11-7-10(11)8-14-6-3-9-1-4-13-5-2-9/h1-2,4-5,10-11,14H,3,6-8H2,(H,15,16). The summed E-state index contributed by atoms with van der Waals surface area (Å²) in [6, 6.07) is 4.00. The fourth-order valence-corrected chi connectivity index (χ4v) is 1.85. The lowest BCUT2D eigenvalue weighted by Crippen LogP contribution is -2.21. The van der Waals surface area contributed by atoms with Crippen LogP contribution < -0.4 is 5.32 Å². The fraction of sp³-hybridized carbons (Fsp3) is 0.500. The summed E-state index contributed by atoms with van der Waals surface area (Å²) in [4.78, 5) is 14.5. The molecule has 1 saturated carbocycles. The molecule has 1 aliphatic rings. The summed E-state index contributed by atoms with van der Waals surface area (Å²) >= 11 is 0. The lowest BCUT2D eigenvalue weighted by Gasteiger charge is -2.03. The Morgan fingerprint density at radius 3 is 2.88 bits per heavy atom. The third-order valence-electron chi connectivity index (χ3n) is 2.99. The number of nitrogens with zero attached hydrogens (tertiary/aromatic N) is 1. The van der Waals surface area contributed by atoms with Gasteiger partial charge in [0.2, 0.25) is 0 Å². The average Bonchev–Trinajstić information content (AvgIpc) is 3.05. The molecule has 2 rings (SSSR count). The number of carboxylic acid groups (broad SMARTS) is 1. The van der Waals surface area contributed by atoms with Gasteiger partial charge in [-0.1, -0.05) is 0 Å². The molecule has 1 fully saturated rings. The van der Waals surface area contributed by atoms with Crippen LogP contribution in [-0.4, -0.2) is 29.1 Å². The second kappa shape index (κ2) is 5.07. The van der Waals surface area contributed by atoms with E-state index >= 15 is 0 Å². The minimum atomic E-state index is -0.652. The van der Waals surface area contributed by atoms with Crippen LogP contribution in [-0.2, 0) is 11.2 Å². The molecular weight excluding hydrogens is 204 g/mol. The first-order valence-electron chi connectivity index (χ1n) is 5.60. The lowest BCUT2D eigenvalue weighted by atomic mass is 10.2. The monoisotopic (exact) mass is 220 g/mol. The Hall–Kier alpha value is -1.42. The van der Waals surface area contributed by atoms with Gasteiger partial charge in [0.05, 0.1) is 5.92 Å². The van der Waals surface area contributed by atoms with Crippen LogP contribution in [0.15, 0.2) is 24.5 Å². The van der Waals surface area contributed by atoms with Crippen LogP contribution in [0.5, 0.6) is 0 Å². The number of rotatable bonds is 6. The number of carbonyl (C=O) groups is 1. The van der Waals surface area contributed by atoms with E-state index in [9.17, 15) is 4.79 Å². The van der Waals surface area contributed by atoms with Gasteiger partial charge in [-0.05, 0) is 49.5 Å². The average molecular weight is 220 g/mol. The van der Waals surface area contributed by atoms with Crippen molar-refractivity contribution in [1.29, 1.82) is 0 Å². The van der Waals surface area contributed by atoms with Gasteiger partial charge in [0, 0.05) is 12.4 Å². The highest BCUT2D eigenvalue weighted by molar-refractivity contribution is 5.73. The summed E-state index contributed by atoms with van der Waals surface area (Å²) in [5, 5.41) is 12.0. The van der Waals surface area contributed by atoms with E-state index in [1.54, 1.807) is 12.4 Å². The van der Waals surface area contributed by atoms with Crippen molar-refractivity contribution >= 4 is 5.97 Å². The molecule has 2 unspecified atom stereocenters. The zero-order chi connectivity index (χ0) is 11.4. The largest absolute Gasteiger partial charge is 0.481 e. The predicted octanol–water partition coefficient (Wildman–Crippen LogP) is 0.934. The number of nitrogens with one attached hydrogen (secondary N) is 1. The molecule has 2 N–H and O–H groups in total. The van der Waals surface area contributed by atoms with E-state index < -0.39 is 5.97 Å². The van der Waals surface area contributed by atoms with E-state index in [0.29, 0.717) is 5.92 Å². The maximum absolute atomic E-state index is 10.6. The van der Waals surface area contributed by atoms with E-state index in [-0.39, 0.29) is 5.92 Å². The van der Waals surface area contributed by atoms with Crippen LogP contribution in [0.4, 0.5) is 0 Å². The maximum atomic E-state index is 10.6. The van der Waals surface area contributed by atoms with Gasteiger partial charge in [0.15, 0.2) is 0 Å². The van der Waals surface area contributed by atoms with Gasteiger partial charge in [-0.3, -0.25) is 9.78 Å². The zero-order valence-electron chi connectivity index (χ0n) is 9.10. The molecule has 1 heterocycles. The molecule has 0 amide bonds. The van der Waals surface area contributed by atoms with Crippen molar-refractivity contribution in [3.8, 4) is 0 Å². The second-order valence-electron chi connectivity index (χ2n) is 4.25. The Balaban J connectivity index is 1.58. The molecule has 4 heteroatoms. The van der Waals surface area contributed by atoms with Crippen LogP contribution in [0.1, 0.15) is 12.0 Å². The molecule has 1 aromatic heterocycles. The number of hydrogen-bond donors (Lipinski definition) is 2. The Kier molecular flexibility index (Phi) is 3.51. The third-order valence-corrected chi connectivity index (χ3v) is 2.99. The van der Waals surface area contributed by atoms with Gasteiger partial charge in [0.1, 0.15) is 0 Å². The highest BCUT2D eigenvalue weighted by Crippen LogP contribution is 2.37. The van der Waals surface area contributed by atoms with Gasteiger partial charge in [0.25, 0.3) is 0 Å². The minimum absolute atomic E-state index is 0.103. The molecule has 0 radical (unpaired) electrons. The third kappa shape index (κ3) is 3.03. The first-order valence-corrected chi connectivity index (χ1v) is 5.60. The van der Waals surface area contributed by atoms with Crippen molar-refractivity contribution in [3.05, 3.63) is 30.1 Å². The fourth-order valence-electron chi connectivity index (χ4n) is 1.85. The highest BCUT2D eigenvalue weighted by Gasteiger charge is 2.42. The summed E-state index contributed by atoms with van der Waals surface area (Å²) in [5.41, 5.74) is 1.26. The number of pyridine rings is 1. The molecule has 2 atom stereocenters. The van der Waals surface area contributed by atoms with E-state index in [1.807, 2.05) is 12.1 Å². The lowest BCUT2D eigenvalue weighted by molar-refractivity contribution is -0.138. The molecule has 4 nitrogen and oxygen atoms in total. The van der Waals surface area contributed by atoms with Crippen molar-refractivity contribution < 1.29 is 9.90 Å². The van der Waals surface area contributed by atoms with Crippen molar-refractivity contribution in [2.75, 3.05) is 13.1 Å². The maximum Gasteiger partial charge on any atom is 0.306 e. The molecular formula is C12H16N2O2.